The standard InChI is InChI=1S/C15H24N4O3S/c1-2-8-23(20,21)19-7-4-13-12(10-19)11-22-14(13)9-18-15-16-5-3-6-17-15/h3,5-6,12-14H,2,4,7-11H2,1H3,(H,16,17,18)/t12-,13-,14-/m1/s1. The van der Waals surface area contributed by atoms with Crippen LogP contribution in [0.25, 0.3) is 0 Å². The van der Waals surface area contributed by atoms with Crippen molar-refractivity contribution in [3.05, 3.63) is 18.5 Å². The molecule has 2 aliphatic rings. The van der Waals surface area contributed by atoms with Gasteiger partial charge in [0.1, 0.15) is 0 Å². The number of hydrogen-bond acceptors (Lipinski definition) is 6. The Morgan fingerprint density at radius 2 is 2.17 bits per heavy atom. The van der Waals surface area contributed by atoms with E-state index < -0.39 is 10.0 Å². The number of nitrogens with zero attached hydrogens (tertiary/aromatic N) is 3. The van der Waals surface area contributed by atoms with Gasteiger partial charge in [0.25, 0.3) is 0 Å². The largest absolute Gasteiger partial charge is 0.376 e. The van der Waals surface area contributed by atoms with Crippen molar-refractivity contribution in [3.8, 4) is 0 Å². The molecule has 2 saturated heterocycles. The van der Waals surface area contributed by atoms with E-state index in [0.717, 1.165) is 6.42 Å². The molecule has 0 amide bonds. The minimum absolute atomic E-state index is 0.0971. The lowest BCUT2D eigenvalue weighted by molar-refractivity contribution is 0.0981. The van der Waals surface area contributed by atoms with Gasteiger partial charge in [-0.15, -0.1) is 0 Å². The summed E-state index contributed by atoms with van der Waals surface area (Å²) in [5, 5.41) is 3.20. The molecule has 0 radical (unpaired) electrons. The highest BCUT2D eigenvalue weighted by Gasteiger charge is 2.42. The molecule has 1 N–H and O–H groups in total. The summed E-state index contributed by atoms with van der Waals surface area (Å²) in [7, 11) is -3.10. The molecule has 2 aliphatic heterocycles. The molecule has 0 saturated carbocycles. The Morgan fingerprint density at radius 3 is 2.91 bits per heavy atom. The van der Waals surface area contributed by atoms with Crippen LogP contribution in [-0.2, 0) is 14.8 Å². The third-order valence-electron chi connectivity index (χ3n) is 4.64. The molecule has 3 heterocycles. The maximum atomic E-state index is 12.2. The van der Waals surface area contributed by atoms with Gasteiger partial charge in [0.2, 0.25) is 16.0 Å². The Balaban J connectivity index is 1.55. The van der Waals surface area contributed by atoms with Crippen LogP contribution in [0.1, 0.15) is 19.8 Å². The van der Waals surface area contributed by atoms with Crippen molar-refractivity contribution >= 4 is 16.0 Å². The Bertz CT molecular complexity index is 610. The van der Waals surface area contributed by atoms with E-state index in [2.05, 4.69) is 15.3 Å². The minimum atomic E-state index is -3.10. The molecule has 3 rings (SSSR count). The molecule has 0 spiro atoms. The van der Waals surface area contributed by atoms with E-state index in [1.807, 2.05) is 6.92 Å². The average Bonchev–Trinajstić information content (AvgIpc) is 2.96. The van der Waals surface area contributed by atoms with Crippen molar-refractivity contribution in [2.75, 3.05) is 37.3 Å². The summed E-state index contributed by atoms with van der Waals surface area (Å²) in [6.07, 6.45) is 5.01. The smallest absolute Gasteiger partial charge is 0.222 e. The lowest BCUT2D eigenvalue weighted by Crippen LogP contribution is -2.46. The van der Waals surface area contributed by atoms with Crippen LogP contribution in [0.3, 0.4) is 0 Å². The molecule has 23 heavy (non-hydrogen) atoms. The van der Waals surface area contributed by atoms with Crippen LogP contribution in [0.5, 0.6) is 0 Å². The van der Waals surface area contributed by atoms with Gasteiger partial charge in [0, 0.05) is 37.9 Å². The first-order valence-corrected chi connectivity index (χ1v) is 9.81. The van der Waals surface area contributed by atoms with Gasteiger partial charge in [-0.05, 0) is 24.8 Å². The summed E-state index contributed by atoms with van der Waals surface area (Å²) >= 11 is 0. The average molecular weight is 340 g/mol. The first-order chi connectivity index (χ1) is 11.1. The molecule has 2 fully saturated rings. The first kappa shape index (κ1) is 16.6. The van der Waals surface area contributed by atoms with E-state index in [1.165, 1.54) is 0 Å². The van der Waals surface area contributed by atoms with E-state index in [-0.39, 0.29) is 11.9 Å². The van der Waals surface area contributed by atoms with Crippen LogP contribution in [-0.4, -0.2) is 60.8 Å². The number of piperidine rings is 1. The third-order valence-corrected chi connectivity index (χ3v) is 6.68. The van der Waals surface area contributed by atoms with Crippen molar-refractivity contribution in [2.24, 2.45) is 11.8 Å². The van der Waals surface area contributed by atoms with Crippen LogP contribution in [0, 0.1) is 11.8 Å². The van der Waals surface area contributed by atoms with Crippen molar-refractivity contribution in [2.45, 2.75) is 25.9 Å². The highest BCUT2D eigenvalue weighted by Crippen LogP contribution is 2.35. The lowest BCUT2D eigenvalue weighted by atomic mass is 9.85. The van der Waals surface area contributed by atoms with Gasteiger partial charge in [0.05, 0.1) is 18.5 Å². The molecule has 0 unspecified atom stereocenters. The number of nitrogens with one attached hydrogen (secondary N) is 1. The lowest BCUT2D eigenvalue weighted by Gasteiger charge is -2.34. The Hall–Kier alpha value is -1.25. The Labute approximate surface area is 137 Å². The highest BCUT2D eigenvalue weighted by molar-refractivity contribution is 7.89. The van der Waals surface area contributed by atoms with E-state index in [1.54, 1.807) is 22.8 Å². The molecule has 3 atom stereocenters. The second-order valence-corrected chi connectivity index (χ2v) is 8.30. The van der Waals surface area contributed by atoms with Crippen LogP contribution in [0.2, 0.25) is 0 Å². The molecule has 0 bridgehead atoms. The summed E-state index contributed by atoms with van der Waals surface area (Å²) < 4.78 is 32.0. The quantitative estimate of drug-likeness (QED) is 0.830. The van der Waals surface area contributed by atoms with Gasteiger partial charge in [-0.3, -0.25) is 0 Å². The first-order valence-electron chi connectivity index (χ1n) is 8.20. The number of fused-ring (bicyclic) bond motifs is 1. The van der Waals surface area contributed by atoms with Crippen molar-refractivity contribution in [1.29, 1.82) is 0 Å². The topological polar surface area (TPSA) is 84.4 Å². The number of aromatic nitrogens is 2. The van der Waals surface area contributed by atoms with Crippen molar-refractivity contribution in [3.63, 3.8) is 0 Å². The monoisotopic (exact) mass is 340 g/mol. The van der Waals surface area contributed by atoms with E-state index in [9.17, 15) is 8.42 Å². The van der Waals surface area contributed by atoms with Gasteiger partial charge in [-0.25, -0.2) is 22.7 Å². The Kier molecular flexibility index (Phi) is 5.13. The molecule has 0 aliphatic carbocycles. The minimum Gasteiger partial charge on any atom is -0.376 e. The number of anilines is 1. The molecule has 0 aromatic carbocycles. The number of sulfonamides is 1. The van der Waals surface area contributed by atoms with E-state index in [0.29, 0.717) is 50.4 Å². The van der Waals surface area contributed by atoms with Crippen LogP contribution in [0.4, 0.5) is 5.95 Å². The SMILES string of the molecule is CCCS(=O)(=O)N1CC[C@@H]2[C@@H](CO[C@@H]2CNc2ncccn2)C1. The van der Waals surface area contributed by atoms with Gasteiger partial charge < -0.3 is 10.1 Å². The second-order valence-electron chi connectivity index (χ2n) is 6.21. The molecule has 7 nitrogen and oxygen atoms in total. The zero-order valence-corrected chi connectivity index (χ0v) is 14.2. The van der Waals surface area contributed by atoms with Gasteiger partial charge in [0.15, 0.2) is 0 Å². The zero-order chi connectivity index (χ0) is 16.3. The highest BCUT2D eigenvalue weighted by atomic mass is 32.2. The predicted molar refractivity (Wildman–Crippen MR) is 87.5 cm³/mol. The zero-order valence-electron chi connectivity index (χ0n) is 13.4. The summed E-state index contributed by atoms with van der Waals surface area (Å²) in [5.41, 5.74) is 0. The molecular weight excluding hydrogens is 316 g/mol. The maximum absolute atomic E-state index is 12.2. The maximum Gasteiger partial charge on any atom is 0.222 e. The van der Waals surface area contributed by atoms with Crippen LogP contribution < -0.4 is 5.32 Å². The molecule has 1 aromatic heterocycles. The molecule has 8 heteroatoms. The fourth-order valence-electron chi connectivity index (χ4n) is 3.49. The Morgan fingerprint density at radius 1 is 1.39 bits per heavy atom. The predicted octanol–water partition coefficient (Wildman–Crippen LogP) is 0.965. The fourth-order valence-corrected chi connectivity index (χ4v) is 5.06. The summed E-state index contributed by atoms with van der Waals surface area (Å²) in [6, 6.07) is 1.78. The van der Waals surface area contributed by atoms with Crippen molar-refractivity contribution < 1.29 is 13.2 Å². The molecular formula is C15H24N4O3S. The summed E-state index contributed by atoms with van der Waals surface area (Å²) in [4.78, 5) is 8.29. The second kappa shape index (κ2) is 7.11. The van der Waals surface area contributed by atoms with Crippen LogP contribution >= 0.6 is 0 Å². The van der Waals surface area contributed by atoms with E-state index in [4.69, 9.17) is 4.74 Å². The third kappa shape index (κ3) is 3.81. The van der Waals surface area contributed by atoms with Crippen LogP contribution in [0.15, 0.2) is 18.5 Å². The molecule has 128 valence electrons. The number of hydrogen-bond donors (Lipinski definition) is 1. The number of ether oxygens (including phenoxy) is 1. The van der Waals surface area contributed by atoms with Crippen molar-refractivity contribution in [1.82, 2.24) is 14.3 Å². The summed E-state index contributed by atoms with van der Waals surface area (Å²) in [6.45, 7) is 4.38. The van der Waals surface area contributed by atoms with Gasteiger partial charge in [-0.1, -0.05) is 6.92 Å². The van der Waals surface area contributed by atoms with Gasteiger partial charge >= 0.3 is 0 Å². The molecule has 1 aromatic rings. The fraction of sp³-hybridized carbons (Fsp3) is 0.733. The normalized spacial score (nSPS) is 28.5. The number of rotatable bonds is 6. The van der Waals surface area contributed by atoms with Gasteiger partial charge in [-0.2, -0.15) is 0 Å². The summed E-state index contributed by atoms with van der Waals surface area (Å²) in [5.74, 6) is 1.53. The van der Waals surface area contributed by atoms with E-state index >= 15 is 0 Å².